The van der Waals surface area contributed by atoms with Crippen molar-refractivity contribution < 1.29 is 13.6 Å². The van der Waals surface area contributed by atoms with Crippen LogP contribution in [-0.2, 0) is 17.9 Å². The van der Waals surface area contributed by atoms with Crippen LogP contribution < -0.4 is 0 Å². The minimum Gasteiger partial charge on any atom is -0.464 e. The number of benzene rings is 1. The lowest BCUT2D eigenvalue weighted by Crippen LogP contribution is -2.27. The van der Waals surface area contributed by atoms with E-state index in [9.17, 15) is 4.79 Å². The van der Waals surface area contributed by atoms with Gasteiger partial charge in [-0.3, -0.25) is 9.36 Å². The zero-order valence-electron chi connectivity index (χ0n) is 16.8. The minimum atomic E-state index is -0.0112. The summed E-state index contributed by atoms with van der Waals surface area (Å²) in [6.07, 6.45) is 1.61. The maximum atomic E-state index is 12.6. The van der Waals surface area contributed by atoms with Crippen molar-refractivity contribution in [2.45, 2.75) is 25.2 Å². The van der Waals surface area contributed by atoms with Crippen LogP contribution in [0.5, 0.6) is 0 Å². The van der Waals surface area contributed by atoms with Gasteiger partial charge >= 0.3 is 0 Å². The number of amides is 1. The van der Waals surface area contributed by atoms with Gasteiger partial charge in [0.1, 0.15) is 11.5 Å². The summed E-state index contributed by atoms with van der Waals surface area (Å²) >= 11 is 1.36. The Morgan fingerprint density at radius 1 is 1.10 bits per heavy atom. The number of aryl methyl sites for hydroxylation is 1. The van der Waals surface area contributed by atoms with Gasteiger partial charge in [-0.25, -0.2) is 0 Å². The van der Waals surface area contributed by atoms with Crippen LogP contribution >= 0.6 is 11.8 Å². The highest BCUT2D eigenvalue weighted by Gasteiger charge is 2.19. The molecule has 7 nitrogen and oxygen atoms in total. The Bertz CT molecular complexity index is 1100. The molecule has 0 saturated carbocycles. The smallest absolute Gasteiger partial charge is 0.233 e. The van der Waals surface area contributed by atoms with Crippen LogP contribution in [-0.4, -0.2) is 38.4 Å². The van der Waals surface area contributed by atoms with Gasteiger partial charge in [-0.1, -0.05) is 42.1 Å². The Hall–Kier alpha value is -3.26. The van der Waals surface area contributed by atoms with Crippen molar-refractivity contribution in [1.82, 2.24) is 19.7 Å². The van der Waals surface area contributed by atoms with Crippen LogP contribution in [0.2, 0.25) is 0 Å². The highest BCUT2D eigenvalue weighted by molar-refractivity contribution is 7.99. The molecule has 1 amide bonds. The quantitative estimate of drug-likeness (QED) is 0.395. The van der Waals surface area contributed by atoms with Crippen LogP contribution in [0, 0.1) is 6.92 Å². The lowest BCUT2D eigenvalue weighted by molar-refractivity contribution is -0.127. The summed E-state index contributed by atoms with van der Waals surface area (Å²) in [6.45, 7) is 2.90. The van der Waals surface area contributed by atoms with E-state index in [0.29, 0.717) is 29.8 Å². The molecule has 0 aliphatic rings. The van der Waals surface area contributed by atoms with Crippen molar-refractivity contribution in [3.8, 4) is 11.6 Å². The van der Waals surface area contributed by atoms with Crippen LogP contribution in [0.15, 0.2) is 74.9 Å². The molecule has 4 aromatic rings. The molecule has 0 fully saturated rings. The van der Waals surface area contributed by atoms with E-state index >= 15 is 0 Å². The molecule has 3 aromatic heterocycles. The van der Waals surface area contributed by atoms with Crippen molar-refractivity contribution in [3.63, 3.8) is 0 Å². The Morgan fingerprint density at radius 3 is 2.63 bits per heavy atom. The van der Waals surface area contributed by atoms with Crippen LogP contribution in [0.4, 0.5) is 0 Å². The van der Waals surface area contributed by atoms with Gasteiger partial charge in [-0.05, 0) is 36.8 Å². The first-order valence-electron chi connectivity index (χ1n) is 9.53. The SMILES string of the molecule is Cc1ccc(CN(C)C(=O)CSc2nnc(-c3ccco3)n2Cc2ccccc2)o1. The average molecular weight is 423 g/mol. The normalized spacial score (nSPS) is 11.0. The molecule has 0 bridgehead atoms. The van der Waals surface area contributed by atoms with Crippen molar-refractivity contribution in [2.24, 2.45) is 0 Å². The second-order valence-electron chi connectivity index (χ2n) is 6.91. The second-order valence-corrected chi connectivity index (χ2v) is 7.85. The topological polar surface area (TPSA) is 77.3 Å². The third kappa shape index (κ3) is 4.65. The van der Waals surface area contributed by atoms with E-state index in [0.717, 1.165) is 17.1 Å². The monoisotopic (exact) mass is 422 g/mol. The van der Waals surface area contributed by atoms with Gasteiger partial charge in [0.2, 0.25) is 11.7 Å². The summed E-state index contributed by atoms with van der Waals surface area (Å²) < 4.78 is 13.1. The summed E-state index contributed by atoms with van der Waals surface area (Å²) in [4.78, 5) is 14.3. The van der Waals surface area contributed by atoms with E-state index in [1.165, 1.54) is 11.8 Å². The van der Waals surface area contributed by atoms with Gasteiger partial charge in [0, 0.05) is 7.05 Å². The zero-order valence-corrected chi connectivity index (χ0v) is 17.6. The molecule has 0 unspecified atom stereocenters. The summed E-state index contributed by atoms with van der Waals surface area (Å²) in [5, 5.41) is 9.29. The summed E-state index contributed by atoms with van der Waals surface area (Å²) in [5.74, 6) is 3.12. The predicted molar refractivity (Wildman–Crippen MR) is 114 cm³/mol. The Labute approximate surface area is 178 Å². The lowest BCUT2D eigenvalue weighted by Gasteiger charge is -2.15. The van der Waals surface area contributed by atoms with Crippen LogP contribution in [0.25, 0.3) is 11.6 Å². The first-order chi connectivity index (χ1) is 14.6. The molecule has 0 atom stereocenters. The number of rotatable bonds is 8. The lowest BCUT2D eigenvalue weighted by atomic mass is 10.2. The minimum absolute atomic E-state index is 0.0112. The van der Waals surface area contributed by atoms with E-state index in [-0.39, 0.29) is 11.7 Å². The molecular formula is C22H22N4O3S. The molecule has 0 aliphatic carbocycles. The molecule has 0 saturated heterocycles. The van der Waals surface area contributed by atoms with Crippen molar-refractivity contribution in [2.75, 3.05) is 12.8 Å². The molecule has 1 aromatic carbocycles. The summed E-state index contributed by atoms with van der Waals surface area (Å²) in [5.41, 5.74) is 1.11. The van der Waals surface area contributed by atoms with E-state index < -0.39 is 0 Å². The van der Waals surface area contributed by atoms with E-state index in [4.69, 9.17) is 8.83 Å². The maximum absolute atomic E-state index is 12.6. The number of thioether (sulfide) groups is 1. The third-order valence-corrected chi connectivity index (χ3v) is 5.53. The molecule has 4 rings (SSSR count). The van der Waals surface area contributed by atoms with Gasteiger partial charge < -0.3 is 13.7 Å². The number of furan rings is 2. The highest BCUT2D eigenvalue weighted by atomic mass is 32.2. The molecular weight excluding hydrogens is 400 g/mol. The predicted octanol–water partition coefficient (Wildman–Crippen LogP) is 4.24. The molecule has 0 N–H and O–H groups in total. The fourth-order valence-corrected chi connectivity index (χ4v) is 3.90. The second kappa shape index (κ2) is 9.04. The van der Waals surface area contributed by atoms with Crippen molar-refractivity contribution in [3.05, 3.63) is 77.9 Å². The van der Waals surface area contributed by atoms with Crippen LogP contribution in [0.3, 0.4) is 0 Å². The first kappa shape index (κ1) is 20.0. The molecule has 3 heterocycles. The van der Waals surface area contributed by atoms with Gasteiger partial charge in [-0.15, -0.1) is 10.2 Å². The van der Waals surface area contributed by atoms with Gasteiger partial charge in [-0.2, -0.15) is 0 Å². The first-order valence-corrected chi connectivity index (χ1v) is 10.5. The van der Waals surface area contributed by atoms with Gasteiger partial charge in [0.05, 0.1) is 25.1 Å². The molecule has 0 spiro atoms. The molecule has 0 aliphatic heterocycles. The van der Waals surface area contributed by atoms with Gasteiger partial charge in [0.15, 0.2) is 10.9 Å². The fourth-order valence-electron chi connectivity index (χ4n) is 3.02. The van der Waals surface area contributed by atoms with Crippen LogP contribution in [0.1, 0.15) is 17.1 Å². The van der Waals surface area contributed by atoms with E-state index in [1.807, 2.05) is 66.1 Å². The standard InChI is InChI=1S/C22H22N4O3S/c1-16-10-11-18(29-16)14-25(2)20(27)15-30-22-24-23-21(19-9-6-12-28-19)26(22)13-17-7-4-3-5-8-17/h3-12H,13-15H2,1-2H3. The van der Waals surface area contributed by atoms with Crippen molar-refractivity contribution in [1.29, 1.82) is 0 Å². The van der Waals surface area contributed by atoms with Crippen molar-refractivity contribution >= 4 is 17.7 Å². The van der Waals surface area contributed by atoms with Gasteiger partial charge in [0.25, 0.3) is 0 Å². The number of hydrogen-bond acceptors (Lipinski definition) is 6. The number of nitrogens with zero attached hydrogens (tertiary/aromatic N) is 4. The van der Waals surface area contributed by atoms with E-state index in [2.05, 4.69) is 10.2 Å². The number of hydrogen-bond donors (Lipinski definition) is 0. The zero-order chi connectivity index (χ0) is 20.9. The Balaban J connectivity index is 1.48. The molecule has 0 radical (unpaired) electrons. The average Bonchev–Trinajstić information content (AvgIpc) is 3.49. The Morgan fingerprint density at radius 2 is 1.93 bits per heavy atom. The van der Waals surface area contributed by atoms with E-state index in [1.54, 1.807) is 18.2 Å². The third-order valence-electron chi connectivity index (χ3n) is 4.58. The number of carbonyl (C=O) groups excluding carboxylic acids is 1. The largest absolute Gasteiger partial charge is 0.464 e. The maximum Gasteiger partial charge on any atom is 0.233 e. The number of carbonyl (C=O) groups is 1. The highest BCUT2D eigenvalue weighted by Crippen LogP contribution is 2.26. The fraction of sp³-hybridized carbons (Fsp3) is 0.227. The molecule has 154 valence electrons. The summed E-state index contributed by atoms with van der Waals surface area (Å²) in [6, 6.07) is 17.5. The molecule has 8 heteroatoms. The molecule has 30 heavy (non-hydrogen) atoms. The number of aromatic nitrogens is 3. The Kier molecular flexibility index (Phi) is 6.04. The summed E-state index contributed by atoms with van der Waals surface area (Å²) in [7, 11) is 1.77.